The van der Waals surface area contributed by atoms with E-state index in [9.17, 15) is 14.4 Å². The van der Waals surface area contributed by atoms with Crippen molar-refractivity contribution in [3.63, 3.8) is 0 Å². The summed E-state index contributed by atoms with van der Waals surface area (Å²) in [5.41, 5.74) is 1.44. The molecule has 0 saturated heterocycles. The van der Waals surface area contributed by atoms with E-state index in [2.05, 4.69) is 28.8 Å². The maximum atomic E-state index is 10.2. The van der Waals surface area contributed by atoms with Gasteiger partial charge in [-0.2, -0.15) is 0 Å². The summed E-state index contributed by atoms with van der Waals surface area (Å²) in [7, 11) is 0. The molecule has 3 aromatic heterocycles. The zero-order chi connectivity index (χ0) is 20.6. The van der Waals surface area contributed by atoms with Crippen LogP contribution in [0.25, 0.3) is 0 Å². The number of carboxylic acids is 3. The number of aromatic nitrogens is 6. The Morgan fingerprint density at radius 2 is 0.821 bits per heavy atom. The van der Waals surface area contributed by atoms with Crippen LogP contribution >= 0.6 is 34.6 Å². The second-order valence-electron chi connectivity index (χ2n) is 4.48. The van der Waals surface area contributed by atoms with Crippen molar-refractivity contribution in [3.05, 3.63) is 31.7 Å². The summed E-state index contributed by atoms with van der Waals surface area (Å²) in [5, 5.41) is 35.7. The zero-order valence-corrected chi connectivity index (χ0v) is 20.6. The molecule has 16 heteroatoms. The van der Waals surface area contributed by atoms with E-state index in [0.717, 1.165) is 34.6 Å². The summed E-state index contributed by atoms with van der Waals surface area (Å²) in [4.78, 5) is 31.3. The SMILES string of the molecule is Cc1nnsc1C(=O)O.Cc1nnsc1C(=O)O.Cc1nnsc1C(=O)O.[La]. The first-order chi connectivity index (χ1) is 12.6. The topological polar surface area (TPSA) is 189 Å². The van der Waals surface area contributed by atoms with Gasteiger partial charge in [-0.15, -0.1) is 15.3 Å². The Morgan fingerprint density at radius 1 is 0.607 bits per heavy atom. The molecule has 0 fully saturated rings. The van der Waals surface area contributed by atoms with Crippen LogP contribution in [0.15, 0.2) is 0 Å². The molecule has 28 heavy (non-hydrogen) atoms. The van der Waals surface area contributed by atoms with E-state index in [1.54, 1.807) is 20.8 Å². The molecule has 0 aromatic carbocycles. The van der Waals surface area contributed by atoms with E-state index in [1.165, 1.54) is 0 Å². The number of aromatic carboxylic acids is 3. The fourth-order valence-corrected chi connectivity index (χ4v) is 2.77. The molecular weight excluding hydrogens is 559 g/mol. The van der Waals surface area contributed by atoms with Gasteiger partial charge in [0.1, 0.15) is 0 Å². The van der Waals surface area contributed by atoms with Gasteiger partial charge in [-0.25, -0.2) is 14.4 Å². The molecule has 0 aliphatic carbocycles. The molecule has 0 atom stereocenters. The van der Waals surface area contributed by atoms with E-state index in [0.29, 0.717) is 17.1 Å². The van der Waals surface area contributed by atoms with Crippen LogP contribution in [0.1, 0.15) is 46.1 Å². The molecule has 3 aromatic rings. The Kier molecular flexibility index (Phi) is 11.9. The minimum Gasteiger partial charge on any atom is -0.477 e. The van der Waals surface area contributed by atoms with Crippen molar-refractivity contribution >= 4 is 52.5 Å². The Labute approximate surface area is 197 Å². The van der Waals surface area contributed by atoms with Gasteiger partial charge in [0.15, 0.2) is 14.6 Å². The molecule has 3 heterocycles. The van der Waals surface area contributed by atoms with Crippen LogP contribution in [0.4, 0.5) is 0 Å². The van der Waals surface area contributed by atoms with Gasteiger partial charge in [0, 0.05) is 35.6 Å². The van der Waals surface area contributed by atoms with Crippen LogP contribution in [0, 0.1) is 56.4 Å². The van der Waals surface area contributed by atoms with Gasteiger partial charge in [-0.05, 0) is 55.4 Å². The maximum Gasteiger partial charge on any atom is 0.349 e. The molecule has 0 aliphatic heterocycles. The second kappa shape index (κ2) is 12.7. The predicted octanol–water partition coefficient (Wildman–Crippen LogP) is 1.63. The van der Waals surface area contributed by atoms with E-state index in [4.69, 9.17) is 15.3 Å². The largest absolute Gasteiger partial charge is 0.477 e. The maximum absolute atomic E-state index is 10.2. The van der Waals surface area contributed by atoms with Gasteiger partial charge in [0.2, 0.25) is 0 Å². The second-order valence-corrected chi connectivity index (χ2v) is 6.74. The number of hydrogen-bond donors (Lipinski definition) is 3. The third-order valence-electron chi connectivity index (χ3n) is 2.54. The van der Waals surface area contributed by atoms with Gasteiger partial charge >= 0.3 is 17.9 Å². The van der Waals surface area contributed by atoms with Crippen molar-refractivity contribution in [2.75, 3.05) is 0 Å². The van der Waals surface area contributed by atoms with Crippen molar-refractivity contribution < 1.29 is 65.3 Å². The van der Waals surface area contributed by atoms with E-state index >= 15 is 0 Å². The number of hydrogen-bond acceptors (Lipinski definition) is 12. The third kappa shape index (κ3) is 8.11. The first kappa shape index (κ1) is 26.3. The molecule has 3 rings (SSSR count). The fraction of sp³-hybridized carbons (Fsp3) is 0.250. The quantitative estimate of drug-likeness (QED) is 0.413. The molecule has 0 amide bonds. The van der Waals surface area contributed by atoms with Gasteiger partial charge < -0.3 is 15.3 Å². The molecule has 1 radical (unpaired) electrons. The van der Waals surface area contributed by atoms with Crippen molar-refractivity contribution in [1.82, 2.24) is 28.8 Å². The third-order valence-corrected chi connectivity index (χ3v) is 4.99. The Hall–Kier alpha value is -1.72. The van der Waals surface area contributed by atoms with Crippen LogP contribution < -0.4 is 0 Å². The van der Waals surface area contributed by atoms with E-state index < -0.39 is 17.9 Å². The van der Waals surface area contributed by atoms with Crippen LogP contribution in [0.3, 0.4) is 0 Å². The Balaban J connectivity index is 0.000000384. The van der Waals surface area contributed by atoms with Crippen LogP contribution in [-0.2, 0) is 0 Å². The van der Waals surface area contributed by atoms with Crippen molar-refractivity contribution in [2.24, 2.45) is 0 Å². The van der Waals surface area contributed by atoms with Crippen molar-refractivity contribution in [3.8, 4) is 0 Å². The average Bonchev–Trinajstić information content (AvgIpc) is 3.29. The smallest absolute Gasteiger partial charge is 0.349 e. The molecule has 0 saturated carbocycles. The first-order valence-electron chi connectivity index (χ1n) is 6.71. The molecule has 0 bridgehead atoms. The van der Waals surface area contributed by atoms with Gasteiger partial charge in [-0.1, -0.05) is 13.5 Å². The summed E-state index contributed by atoms with van der Waals surface area (Å²) in [5.74, 6) is -2.87. The minimum atomic E-state index is -0.956. The number of nitrogens with zero attached hydrogens (tertiary/aromatic N) is 6. The molecule has 0 spiro atoms. The number of carbonyl (C=O) groups is 3. The van der Waals surface area contributed by atoms with E-state index in [-0.39, 0.29) is 50.2 Å². The Morgan fingerprint density at radius 3 is 0.893 bits per heavy atom. The number of rotatable bonds is 3. The molecular formula is C12H12LaN6O6S3. The zero-order valence-electron chi connectivity index (χ0n) is 14.6. The minimum absolute atomic E-state index is 0. The van der Waals surface area contributed by atoms with Crippen molar-refractivity contribution in [1.29, 1.82) is 0 Å². The standard InChI is InChI=1S/3C4H4N2O2S.La/c3*1-2-3(4(7)8)9-6-5-2;/h3*1H3,(H,7,8);. The fourth-order valence-electron chi connectivity index (χ4n) is 1.28. The van der Waals surface area contributed by atoms with Crippen LogP contribution in [0.2, 0.25) is 0 Å². The summed E-state index contributed by atoms with van der Waals surface area (Å²) in [6.45, 7) is 4.85. The molecule has 147 valence electrons. The van der Waals surface area contributed by atoms with Gasteiger partial charge in [0.25, 0.3) is 0 Å². The van der Waals surface area contributed by atoms with Crippen LogP contribution in [0.5, 0.6) is 0 Å². The Bertz CT molecular complexity index is 822. The summed E-state index contributed by atoms with van der Waals surface area (Å²) < 4.78 is 10.4. The van der Waals surface area contributed by atoms with E-state index in [1.807, 2.05) is 0 Å². The van der Waals surface area contributed by atoms with Gasteiger partial charge in [0.05, 0.1) is 17.1 Å². The normalized spacial score (nSPS) is 9.11. The summed E-state index contributed by atoms with van der Waals surface area (Å²) in [6, 6.07) is 0. The first-order valence-corrected chi connectivity index (χ1v) is 9.03. The average molecular weight is 571 g/mol. The number of carboxylic acid groups (broad SMARTS) is 3. The monoisotopic (exact) mass is 571 g/mol. The van der Waals surface area contributed by atoms with Crippen molar-refractivity contribution in [2.45, 2.75) is 20.8 Å². The molecule has 12 nitrogen and oxygen atoms in total. The predicted molar refractivity (Wildman–Crippen MR) is 94.8 cm³/mol. The molecule has 0 aliphatic rings. The number of aryl methyl sites for hydroxylation is 3. The summed E-state index contributed by atoms with van der Waals surface area (Å²) in [6.07, 6.45) is 0. The van der Waals surface area contributed by atoms with Crippen LogP contribution in [-0.4, -0.2) is 62.0 Å². The summed E-state index contributed by atoms with van der Waals surface area (Å²) >= 11 is 2.69. The molecule has 0 unspecified atom stereocenters. The molecule has 3 N–H and O–H groups in total. The van der Waals surface area contributed by atoms with Gasteiger partial charge in [-0.3, -0.25) is 0 Å².